The predicted molar refractivity (Wildman–Crippen MR) is 116 cm³/mol. The molecule has 0 aliphatic carbocycles. The number of hydrogen-bond donors (Lipinski definition) is 2. The van der Waals surface area contributed by atoms with Crippen LogP contribution in [0, 0.1) is 0 Å². The lowest BCUT2D eigenvalue weighted by Crippen LogP contribution is -2.38. The van der Waals surface area contributed by atoms with E-state index in [4.69, 9.17) is 0 Å². The average Bonchev–Trinajstić information content (AvgIpc) is 2.61. The second-order valence-electron chi connectivity index (χ2n) is 7.54. The first-order chi connectivity index (χ1) is 12.4. The van der Waals surface area contributed by atoms with Gasteiger partial charge in [0.2, 0.25) is 0 Å². The van der Waals surface area contributed by atoms with Crippen LogP contribution in [0.2, 0.25) is 0 Å². The van der Waals surface area contributed by atoms with Gasteiger partial charge in [-0.3, -0.25) is 4.90 Å². The van der Waals surface area contributed by atoms with Crippen LogP contribution in [0.1, 0.15) is 56.7 Å². The van der Waals surface area contributed by atoms with Gasteiger partial charge in [-0.25, -0.2) is 0 Å². The van der Waals surface area contributed by atoms with Gasteiger partial charge in [0.15, 0.2) is 0 Å². The van der Waals surface area contributed by atoms with Crippen molar-refractivity contribution in [3.63, 3.8) is 0 Å². The number of halogens is 1. The highest BCUT2D eigenvalue weighted by molar-refractivity contribution is 5.85. The van der Waals surface area contributed by atoms with Crippen molar-refractivity contribution in [2.75, 3.05) is 13.2 Å². The molecular formula is C23H34ClNO2. The quantitative estimate of drug-likeness (QED) is 0.632. The lowest BCUT2D eigenvalue weighted by atomic mass is 9.86. The number of aliphatic hydroxyl groups is 1. The van der Waals surface area contributed by atoms with E-state index >= 15 is 0 Å². The Hall–Kier alpha value is -1.55. The largest absolute Gasteiger partial charge is 0.508 e. The van der Waals surface area contributed by atoms with Gasteiger partial charge in [-0.15, -0.1) is 12.4 Å². The number of aromatic hydroxyl groups is 1. The third-order valence-corrected chi connectivity index (χ3v) is 5.07. The van der Waals surface area contributed by atoms with Gasteiger partial charge in [-0.1, -0.05) is 42.5 Å². The lowest BCUT2D eigenvalue weighted by Gasteiger charge is -2.32. The van der Waals surface area contributed by atoms with E-state index in [-0.39, 0.29) is 24.9 Å². The van der Waals surface area contributed by atoms with Gasteiger partial charge in [0.1, 0.15) is 5.75 Å². The summed E-state index contributed by atoms with van der Waals surface area (Å²) in [7, 11) is 0. The average molecular weight is 392 g/mol. The van der Waals surface area contributed by atoms with Crippen molar-refractivity contribution in [1.29, 1.82) is 0 Å². The molecule has 4 heteroatoms. The van der Waals surface area contributed by atoms with Crippen LogP contribution in [0.15, 0.2) is 48.5 Å². The number of phenolic OH excluding ortho intramolecular Hbond substituents is 1. The van der Waals surface area contributed by atoms with Crippen molar-refractivity contribution in [2.45, 2.75) is 58.5 Å². The highest BCUT2D eigenvalue weighted by Crippen LogP contribution is 2.35. The van der Waals surface area contributed by atoms with E-state index in [1.807, 2.05) is 12.1 Å². The Bertz CT molecular complexity index is 665. The molecule has 0 fully saturated rings. The van der Waals surface area contributed by atoms with Crippen LogP contribution in [0.5, 0.6) is 5.75 Å². The molecule has 2 aromatic carbocycles. The van der Waals surface area contributed by atoms with Crippen LogP contribution in [-0.4, -0.2) is 40.3 Å². The van der Waals surface area contributed by atoms with E-state index in [1.165, 1.54) is 5.56 Å². The summed E-state index contributed by atoms with van der Waals surface area (Å²) in [5.74, 6) is 0.469. The fourth-order valence-electron chi connectivity index (χ4n) is 3.75. The molecule has 0 aliphatic rings. The standard InChI is InChI=1S/C23H33NO2.ClH/c1-17(2)24(18(3)4)14-12-21(20-8-6-5-7-9-20)22-16-19(13-15-25)10-11-23(22)26;/h5-11,16-18,21,25-26H,12-15H2,1-4H3;1H/t21-;/m1./s1. The molecule has 2 rings (SSSR count). The molecule has 2 aromatic rings. The highest BCUT2D eigenvalue weighted by atomic mass is 35.5. The summed E-state index contributed by atoms with van der Waals surface area (Å²) >= 11 is 0. The number of aliphatic hydroxyl groups excluding tert-OH is 1. The normalized spacial score (nSPS) is 12.4. The molecule has 3 nitrogen and oxygen atoms in total. The van der Waals surface area contributed by atoms with E-state index < -0.39 is 0 Å². The lowest BCUT2D eigenvalue weighted by molar-refractivity contribution is 0.170. The summed E-state index contributed by atoms with van der Waals surface area (Å²) in [5, 5.41) is 19.8. The molecule has 150 valence electrons. The minimum absolute atomic E-state index is 0. The van der Waals surface area contributed by atoms with Crippen LogP contribution in [-0.2, 0) is 6.42 Å². The topological polar surface area (TPSA) is 43.7 Å². The summed E-state index contributed by atoms with van der Waals surface area (Å²) < 4.78 is 0. The molecule has 0 amide bonds. The van der Waals surface area contributed by atoms with Gasteiger partial charge in [-0.05, 0) is 64.3 Å². The van der Waals surface area contributed by atoms with E-state index in [0.29, 0.717) is 24.3 Å². The molecule has 0 saturated heterocycles. The fourth-order valence-corrected chi connectivity index (χ4v) is 3.75. The van der Waals surface area contributed by atoms with E-state index in [0.717, 1.165) is 24.1 Å². The molecule has 1 atom stereocenters. The molecule has 0 heterocycles. The summed E-state index contributed by atoms with van der Waals surface area (Å²) in [5.41, 5.74) is 3.23. The number of phenols is 1. The fraction of sp³-hybridized carbons (Fsp3) is 0.478. The van der Waals surface area contributed by atoms with Crippen molar-refractivity contribution in [2.24, 2.45) is 0 Å². The van der Waals surface area contributed by atoms with Gasteiger partial charge in [0.05, 0.1) is 0 Å². The van der Waals surface area contributed by atoms with Crippen molar-refractivity contribution >= 4 is 12.4 Å². The third kappa shape index (κ3) is 6.53. The maximum absolute atomic E-state index is 10.5. The Morgan fingerprint density at radius 2 is 1.56 bits per heavy atom. The molecule has 0 saturated carbocycles. The Labute approximate surface area is 170 Å². The van der Waals surface area contributed by atoms with Gasteiger partial charge in [0, 0.05) is 30.2 Å². The van der Waals surface area contributed by atoms with Gasteiger partial charge in [0.25, 0.3) is 0 Å². The molecule has 2 N–H and O–H groups in total. The van der Waals surface area contributed by atoms with Crippen molar-refractivity contribution in [3.8, 4) is 5.75 Å². The van der Waals surface area contributed by atoms with Crippen LogP contribution < -0.4 is 0 Å². The second kappa shape index (κ2) is 11.3. The van der Waals surface area contributed by atoms with E-state index in [9.17, 15) is 10.2 Å². The first-order valence-electron chi connectivity index (χ1n) is 9.67. The second-order valence-corrected chi connectivity index (χ2v) is 7.54. The zero-order valence-electron chi connectivity index (χ0n) is 16.9. The number of nitrogens with zero attached hydrogens (tertiary/aromatic N) is 1. The minimum Gasteiger partial charge on any atom is -0.508 e. The first-order valence-corrected chi connectivity index (χ1v) is 9.67. The van der Waals surface area contributed by atoms with E-state index in [1.54, 1.807) is 6.07 Å². The zero-order chi connectivity index (χ0) is 19.1. The van der Waals surface area contributed by atoms with Gasteiger partial charge >= 0.3 is 0 Å². The Morgan fingerprint density at radius 3 is 2.11 bits per heavy atom. The van der Waals surface area contributed by atoms with Crippen LogP contribution in [0.3, 0.4) is 0 Å². The summed E-state index contributed by atoms with van der Waals surface area (Å²) in [6.45, 7) is 10.0. The van der Waals surface area contributed by atoms with Crippen LogP contribution >= 0.6 is 12.4 Å². The third-order valence-electron chi connectivity index (χ3n) is 5.07. The summed E-state index contributed by atoms with van der Waals surface area (Å²) in [4.78, 5) is 2.49. The van der Waals surface area contributed by atoms with Gasteiger partial charge in [-0.2, -0.15) is 0 Å². The molecule has 0 aliphatic heterocycles. The van der Waals surface area contributed by atoms with Crippen molar-refractivity contribution < 1.29 is 10.2 Å². The number of rotatable bonds is 9. The van der Waals surface area contributed by atoms with Crippen molar-refractivity contribution in [1.82, 2.24) is 4.90 Å². The molecule has 0 spiro atoms. The number of hydrogen-bond acceptors (Lipinski definition) is 3. The monoisotopic (exact) mass is 391 g/mol. The molecule has 0 unspecified atom stereocenters. The zero-order valence-corrected chi connectivity index (χ0v) is 17.7. The molecule has 0 radical (unpaired) electrons. The van der Waals surface area contributed by atoms with Crippen molar-refractivity contribution in [3.05, 3.63) is 65.2 Å². The SMILES string of the molecule is CC(C)N(CC[C@H](c1ccccc1)c1cc(CCO)ccc1O)C(C)C.Cl. The van der Waals surface area contributed by atoms with E-state index in [2.05, 4.69) is 62.9 Å². The smallest absolute Gasteiger partial charge is 0.119 e. The predicted octanol–water partition coefficient (Wildman–Crippen LogP) is 4.99. The van der Waals surface area contributed by atoms with Gasteiger partial charge < -0.3 is 10.2 Å². The molecule has 0 bridgehead atoms. The minimum atomic E-state index is 0. The van der Waals surface area contributed by atoms with Crippen LogP contribution in [0.4, 0.5) is 0 Å². The first kappa shape index (κ1) is 23.5. The Balaban J connectivity index is 0.00000364. The Kier molecular flexibility index (Phi) is 9.86. The summed E-state index contributed by atoms with van der Waals surface area (Å²) in [6.07, 6.45) is 1.55. The molecular weight excluding hydrogens is 358 g/mol. The maximum atomic E-state index is 10.5. The van der Waals surface area contributed by atoms with Crippen LogP contribution in [0.25, 0.3) is 0 Å². The number of benzene rings is 2. The summed E-state index contributed by atoms with van der Waals surface area (Å²) in [6, 6.07) is 17.1. The Morgan fingerprint density at radius 1 is 0.926 bits per heavy atom. The highest BCUT2D eigenvalue weighted by Gasteiger charge is 2.21. The molecule has 27 heavy (non-hydrogen) atoms. The maximum Gasteiger partial charge on any atom is 0.119 e. The molecule has 0 aromatic heterocycles.